The van der Waals surface area contributed by atoms with Crippen molar-refractivity contribution in [3.8, 4) is 23.6 Å². The minimum absolute atomic E-state index is 0.204. The number of rotatable bonds is 3. The fraction of sp³-hybridized carbons (Fsp3) is 0.125. The maximum absolute atomic E-state index is 9.26. The Morgan fingerprint density at radius 1 is 1.11 bits per heavy atom. The maximum atomic E-state index is 9.26. The third-order valence-corrected chi connectivity index (χ3v) is 2.68. The SMILES string of the molecule is Cc1cc(CC#N)c(C#N)c(Oc2ccccc2)c1. The van der Waals surface area contributed by atoms with Gasteiger partial charge >= 0.3 is 0 Å². The Balaban J connectivity index is 2.45. The van der Waals surface area contributed by atoms with Crippen LogP contribution in [0.3, 0.4) is 0 Å². The van der Waals surface area contributed by atoms with Crippen LogP contribution in [-0.4, -0.2) is 0 Å². The van der Waals surface area contributed by atoms with Crippen molar-refractivity contribution in [3.05, 3.63) is 59.2 Å². The summed E-state index contributed by atoms with van der Waals surface area (Å²) in [6.45, 7) is 1.92. The van der Waals surface area contributed by atoms with Crippen molar-refractivity contribution in [2.75, 3.05) is 0 Å². The molecule has 0 amide bonds. The van der Waals surface area contributed by atoms with Crippen LogP contribution in [0.25, 0.3) is 0 Å². The lowest BCUT2D eigenvalue weighted by atomic mass is 10.0. The predicted molar refractivity (Wildman–Crippen MR) is 71.7 cm³/mol. The molecule has 92 valence electrons. The minimum Gasteiger partial charge on any atom is -0.456 e. The number of hydrogen-bond acceptors (Lipinski definition) is 3. The molecule has 0 unspecified atom stereocenters. The van der Waals surface area contributed by atoms with Crippen LogP contribution in [-0.2, 0) is 6.42 Å². The fourth-order valence-electron chi connectivity index (χ4n) is 1.87. The van der Waals surface area contributed by atoms with Crippen molar-refractivity contribution in [1.82, 2.24) is 0 Å². The molecule has 19 heavy (non-hydrogen) atoms. The van der Waals surface area contributed by atoms with Gasteiger partial charge in [-0.05, 0) is 36.2 Å². The number of nitrogens with zero attached hydrogens (tertiary/aromatic N) is 2. The summed E-state index contributed by atoms with van der Waals surface area (Å²) in [5.74, 6) is 1.17. The lowest BCUT2D eigenvalue weighted by Crippen LogP contribution is -1.95. The van der Waals surface area contributed by atoms with Gasteiger partial charge in [-0.2, -0.15) is 10.5 Å². The molecule has 0 saturated carbocycles. The molecule has 0 fully saturated rings. The van der Waals surface area contributed by atoms with Gasteiger partial charge in [-0.1, -0.05) is 24.3 Å². The van der Waals surface area contributed by atoms with Gasteiger partial charge in [0.25, 0.3) is 0 Å². The molecular formula is C16H12N2O. The lowest BCUT2D eigenvalue weighted by Gasteiger charge is -2.11. The number of ether oxygens (including phenoxy) is 1. The predicted octanol–water partition coefficient (Wildman–Crippen LogP) is 3.73. The van der Waals surface area contributed by atoms with Gasteiger partial charge in [-0.15, -0.1) is 0 Å². The Morgan fingerprint density at radius 3 is 2.47 bits per heavy atom. The van der Waals surface area contributed by atoms with Crippen LogP contribution in [0.1, 0.15) is 16.7 Å². The first-order chi connectivity index (χ1) is 9.24. The van der Waals surface area contributed by atoms with E-state index in [1.807, 2.05) is 49.4 Å². The summed E-state index contributed by atoms with van der Waals surface area (Å²) in [6, 6.07) is 17.1. The van der Waals surface area contributed by atoms with E-state index in [1.165, 1.54) is 0 Å². The summed E-state index contributed by atoms with van der Waals surface area (Å²) in [6.07, 6.45) is 0.204. The van der Waals surface area contributed by atoms with Gasteiger partial charge in [0, 0.05) is 0 Å². The molecule has 0 bridgehead atoms. The van der Waals surface area contributed by atoms with Crippen LogP contribution in [0.2, 0.25) is 0 Å². The molecule has 0 aliphatic heterocycles. The van der Waals surface area contributed by atoms with Crippen LogP contribution >= 0.6 is 0 Å². The van der Waals surface area contributed by atoms with Crippen molar-refractivity contribution >= 4 is 0 Å². The van der Waals surface area contributed by atoms with Crippen LogP contribution in [0.5, 0.6) is 11.5 Å². The molecule has 2 aromatic carbocycles. The molecule has 0 heterocycles. The highest BCUT2D eigenvalue weighted by Gasteiger charge is 2.11. The van der Waals surface area contributed by atoms with E-state index in [2.05, 4.69) is 12.1 Å². The number of nitriles is 2. The summed E-state index contributed by atoms with van der Waals surface area (Å²) in [4.78, 5) is 0. The normalized spacial score (nSPS) is 9.42. The molecule has 0 aliphatic carbocycles. The zero-order valence-corrected chi connectivity index (χ0v) is 10.6. The van der Waals surface area contributed by atoms with Crippen LogP contribution in [0.4, 0.5) is 0 Å². The van der Waals surface area contributed by atoms with Gasteiger partial charge < -0.3 is 4.74 Å². The molecule has 0 N–H and O–H groups in total. The molecule has 0 radical (unpaired) electrons. The number of benzene rings is 2. The monoisotopic (exact) mass is 248 g/mol. The molecule has 2 rings (SSSR count). The van der Waals surface area contributed by atoms with Crippen molar-refractivity contribution < 1.29 is 4.74 Å². The second-order valence-corrected chi connectivity index (χ2v) is 4.16. The maximum Gasteiger partial charge on any atom is 0.145 e. The Morgan fingerprint density at radius 2 is 1.84 bits per heavy atom. The van der Waals surface area contributed by atoms with Gasteiger partial charge in [-0.3, -0.25) is 0 Å². The average Bonchev–Trinajstić information content (AvgIpc) is 2.40. The van der Waals surface area contributed by atoms with Crippen molar-refractivity contribution in [2.45, 2.75) is 13.3 Å². The third-order valence-electron chi connectivity index (χ3n) is 2.68. The topological polar surface area (TPSA) is 56.8 Å². The zero-order valence-electron chi connectivity index (χ0n) is 10.6. The Bertz CT molecular complexity index is 664. The standard InChI is InChI=1S/C16H12N2O/c1-12-9-13(7-8-17)15(11-18)16(10-12)19-14-5-3-2-4-6-14/h2-6,9-10H,7H2,1H3. The van der Waals surface area contributed by atoms with Crippen LogP contribution in [0.15, 0.2) is 42.5 Å². The van der Waals surface area contributed by atoms with Gasteiger partial charge in [0.15, 0.2) is 0 Å². The summed E-state index contributed by atoms with van der Waals surface area (Å²) in [5, 5.41) is 18.1. The van der Waals surface area contributed by atoms with Crippen molar-refractivity contribution in [3.63, 3.8) is 0 Å². The highest BCUT2D eigenvalue weighted by atomic mass is 16.5. The smallest absolute Gasteiger partial charge is 0.145 e. The summed E-state index contributed by atoms with van der Waals surface area (Å²) < 4.78 is 5.74. The molecule has 3 nitrogen and oxygen atoms in total. The second-order valence-electron chi connectivity index (χ2n) is 4.16. The minimum atomic E-state index is 0.204. The second kappa shape index (κ2) is 5.71. The number of aryl methyl sites for hydroxylation is 1. The summed E-state index contributed by atoms with van der Waals surface area (Å²) >= 11 is 0. The van der Waals surface area contributed by atoms with Crippen LogP contribution in [0, 0.1) is 29.6 Å². The average molecular weight is 248 g/mol. The van der Waals surface area contributed by atoms with Gasteiger partial charge in [0.2, 0.25) is 0 Å². The number of para-hydroxylation sites is 1. The molecule has 2 aromatic rings. The van der Waals surface area contributed by atoms with E-state index >= 15 is 0 Å². The van der Waals surface area contributed by atoms with E-state index in [4.69, 9.17) is 10.00 Å². The van der Waals surface area contributed by atoms with Gasteiger partial charge in [-0.25, -0.2) is 0 Å². The highest BCUT2D eigenvalue weighted by molar-refractivity contribution is 5.53. The van der Waals surface area contributed by atoms with E-state index in [0.29, 0.717) is 22.6 Å². The summed E-state index contributed by atoms with van der Waals surface area (Å²) in [7, 11) is 0. The third kappa shape index (κ3) is 2.91. The van der Waals surface area contributed by atoms with E-state index in [1.54, 1.807) is 0 Å². The Hall–Kier alpha value is -2.78. The first-order valence-corrected chi connectivity index (χ1v) is 5.88. The number of hydrogen-bond donors (Lipinski definition) is 0. The van der Waals surface area contributed by atoms with Crippen molar-refractivity contribution in [2.24, 2.45) is 0 Å². The highest BCUT2D eigenvalue weighted by Crippen LogP contribution is 2.29. The van der Waals surface area contributed by atoms with Gasteiger partial charge in [0.1, 0.15) is 17.6 Å². The molecule has 0 atom stereocenters. The molecule has 0 aliphatic rings. The molecular weight excluding hydrogens is 236 g/mol. The van der Waals surface area contributed by atoms with Crippen molar-refractivity contribution in [1.29, 1.82) is 10.5 Å². The van der Waals surface area contributed by atoms with Crippen LogP contribution < -0.4 is 4.74 Å². The van der Waals surface area contributed by atoms with E-state index in [9.17, 15) is 5.26 Å². The van der Waals surface area contributed by atoms with E-state index in [0.717, 1.165) is 5.56 Å². The molecule has 0 spiro atoms. The Labute approximate surface area is 112 Å². The molecule has 0 aromatic heterocycles. The largest absolute Gasteiger partial charge is 0.456 e. The first-order valence-electron chi connectivity index (χ1n) is 5.88. The molecule has 3 heteroatoms. The van der Waals surface area contributed by atoms with E-state index in [-0.39, 0.29) is 6.42 Å². The van der Waals surface area contributed by atoms with Gasteiger partial charge in [0.05, 0.1) is 18.1 Å². The summed E-state index contributed by atoms with van der Waals surface area (Å²) in [5.41, 5.74) is 2.10. The van der Waals surface area contributed by atoms with E-state index < -0.39 is 0 Å². The lowest BCUT2D eigenvalue weighted by molar-refractivity contribution is 0.480. The first kappa shape index (κ1) is 12.7. The quantitative estimate of drug-likeness (QED) is 0.831. The fourth-order valence-corrected chi connectivity index (χ4v) is 1.87. The Kier molecular flexibility index (Phi) is 3.81. The zero-order chi connectivity index (χ0) is 13.7. The molecule has 0 saturated heterocycles.